The molecule has 1 aromatic rings. The van der Waals surface area contributed by atoms with Gasteiger partial charge in [-0.05, 0) is 18.5 Å². The molecule has 1 amide bonds. The molecule has 0 radical (unpaired) electrons. The van der Waals surface area contributed by atoms with Crippen LogP contribution in [0.5, 0.6) is 0 Å². The number of methoxy groups -OCH3 is 1. The van der Waals surface area contributed by atoms with Crippen LogP contribution in [0.1, 0.15) is 12.0 Å². The predicted molar refractivity (Wildman–Crippen MR) is 74.1 cm³/mol. The molecule has 1 atom stereocenters. The first-order valence-corrected chi connectivity index (χ1v) is 6.40. The Morgan fingerprint density at radius 2 is 2.15 bits per heavy atom. The van der Waals surface area contributed by atoms with Gasteiger partial charge in [0.15, 0.2) is 0 Å². The van der Waals surface area contributed by atoms with Gasteiger partial charge in [-0.1, -0.05) is 30.3 Å². The Bertz CT molecular complexity index is 391. The minimum Gasteiger partial charge on any atom is -0.471 e. The number of carbonyl (C=O) groups is 2. The van der Waals surface area contributed by atoms with E-state index in [1.807, 2.05) is 30.3 Å². The summed E-state index contributed by atoms with van der Waals surface area (Å²) < 4.78 is 8.97. The molecular weight excluding hydrogens is 260 g/mol. The van der Waals surface area contributed by atoms with Gasteiger partial charge >= 0.3 is 6.09 Å². The summed E-state index contributed by atoms with van der Waals surface area (Å²) in [4.78, 5) is 20.4. The molecular formula is C14H20N2O4. The molecule has 0 bridgehead atoms. The molecule has 1 aliphatic heterocycles. The Morgan fingerprint density at radius 1 is 1.45 bits per heavy atom. The molecule has 1 aromatic carbocycles. The molecule has 6 heteroatoms. The van der Waals surface area contributed by atoms with Crippen LogP contribution in [0.2, 0.25) is 0 Å². The van der Waals surface area contributed by atoms with E-state index < -0.39 is 0 Å². The molecule has 0 saturated carbocycles. The number of ether oxygens (including phenoxy) is 2. The summed E-state index contributed by atoms with van der Waals surface area (Å²) in [5.74, 6) is 0. The summed E-state index contributed by atoms with van der Waals surface area (Å²) in [6.45, 7) is 2.50. The van der Waals surface area contributed by atoms with Crippen LogP contribution in [0.25, 0.3) is 0 Å². The first kappa shape index (κ1) is 16.0. The quantitative estimate of drug-likeness (QED) is 0.807. The largest absolute Gasteiger partial charge is 0.471 e. The second kappa shape index (κ2) is 9.80. The maximum absolute atomic E-state index is 11.4. The number of nitrogens with one attached hydrogen (secondary N) is 2. The average Bonchev–Trinajstić information content (AvgIpc) is 2.99. The van der Waals surface area contributed by atoms with Crippen LogP contribution < -0.4 is 10.6 Å². The fraction of sp³-hybridized carbons (Fsp3) is 0.429. The van der Waals surface area contributed by atoms with Gasteiger partial charge in [-0.2, -0.15) is 0 Å². The molecule has 0 aromatic heterocycles. The van der Waals surface area contributed by atoms with Crippen LogP contribution in [0.3, 0.4) is 0 Å². The van der Waals surface area contributed by atoms with Crippen LogP contribution in [0.4, 0.5) is 4.79 Å². The molecule has 2 rings (SSSR count). The molecule has 2 N–H and O–H groups in total. The SMILES string of the molecule is COC=O.O=C(N[C@@H]1CCNC1)OCc1ccccc1. The van der Waals surface area contributed by atoms with Crippen molar-refractivity contribution in [1.82, 2.24) is 10.6 Å². The first-order chi connectivity index (χ1) is 9.76. The Balaban J connectivity index is 0.000000444. The summed E-state index contributed by atoms with van der Waals surface area (Å²) in [6.07, 6.45) is 0.637. The zero-order valence-electron chi connectivity index (χ0n) is 11.5. The van der Waals surface area contributed by atoms with Crippen LogP contribution in [-0.4, -0.2) is 38.8 Å². The van der Waals surface area contributed by atoms with Gasteiger partial charge in [0.05, 0.1) is 7.11 Å². The van der Waals surface area contributed by atoms with Gasteiger partial charge in [-0.3, -0.25) is 4.79 Å². The van der Waals surface area contributed by atoms with Crippen molar-refractivity contribution in [3.63, 3.8) is 0 Å². The normalized spacial score (nSPS) is 16.6. The fourth-order valence-electron chi connectivity index (χ4n) is 1.71. The molecule has 1 aliphatic rings. The maximum Gasteiger partial charge on any atom is 0.407 e. The maximum atomic E-state index is 11.4. The van der Waals surface area contributed by atoms with E-state index in [4.69, 9.17) is 9.53 Å². The second-order valence-electron chi connectivity index (χ2n) is 4.23. The average molecular weight is 280 g/mol. The van der Waals surface area contributed by atoms with E-state index in [2.05, 4.69) is 15.4 Å². The molecule has 0 spiro atoms. The van der Waals surface area contributed by atoms with E-state index in [9.17, 15) is 4.79 Å². The van der Waals surface area contributed by atoms with Gasteiger partial charge in [0.2, 0.25) is 0 Å². The van der Waals surface area contributed by atoms with Crippen molar-refractivity contribution in [3.05, 3.63) is 35.9 Å². The molecule has 6 nitrogen and oxygen atoms in total. The third-order valence-corrected chi connectivity index (χ3v) is 2.69. The van der Waals surface area contributed by atoms with E-state index in [1.165, 1.54) is 7.11 Å². The Hall–Kier alpha value is -2.08. The number of hydrogen-bond donors (Lipinski definition) is 2. The van der Waals surface area contributed by atoms with Crippen LogP contribution >= 0.6 is 0 Å². The zero-order valence-corrected chi connectivity index (χ0v) is 11.5. The minimum atomic E-state index is -0.336. The second-order valence-corrected chi connectivity index (χ2v) is 4.23. The highest BCUT2D eigenvalue weighted by Crippen LogP contribution is 2.02. The highest BCUT2D eigenvalue weighted by atomic mass is 16.5. The van der Waals surface area contributed by atoms with Crippen molar-refractivity contribution < 1.29 is 19.1 Å². The van der Waals surface area contributed by atoms with Crippen molar-refractivity contribution in [3.8, 4) is 0 Å². The number of carbonyl (C=O) groups excluding carboxylic acids is 2. The molecule has 20 heavy (non-hydrogen) atoms. The summed E-state index contributed by atoms with van der Waals surface area (Å²) in [5.41, 5.74) is 1.00. The smallest absolute Gasteiger partial charge is 0.407 e. The molecule has 1 saturated heterocycles. The summed E-state index contributed by atoms with van der Waals surface area (Å²) in [6, 6.07) is 9.88. The van der Waals surface area contributed by atoms with Crippen molar-refractivity contribution >= 4 is 12.6 Å². The third-order valence-electron chi connectivity index (χ3n) is 2.69. The summed E-state index contributed by atoms with van der Waals surface area (Å²) in [5, 5.41) is 6.01. The first-order valence-electron chi connectivity index (χ1n) is 6.40. The highest BCUT2D eigenvalue weighted by Gasteiger charge is 2.16. The van der Waals surface area contributed by atoms with Crippen molar-refractivity contribution in [2.45, 2.75) is 19.1 Å². The Kier molecular flexibility index (Phi) is 7.83. The van der Waals surface area contributed by atoms with Gasteiger partial charge in [-0.25, -0.2) is 4.79 Å². The monoisotopic (exact) mass is 280 g/mol. The van der Waals surface area contributed by atoms with Crippen molar-refractivity contribution in [2.24, 2.45) is 0 Å². The lowest BCUT2D eigenvalue weighted by Crippen LogP contribution is -2.36. The third kappa shape index (κ3) is 6.75. The molecule has 0 aliphatic carbocycles. The topological polar surface area (TPSA) is 76.7 Å². The predicted octanol–water partition coefficient (Wildman–Crippen LogP) is 1.06. The number of benzene rings is 1. The van der Waals surface area contributed by atoms with E-state index in [0.29, 0.717) is 13.1 Å². The van der Waals surface area contributed by atoms with E-state index in [-0.39, 0.29) is 12.1 Å². The van der Waals surface area contributed by atoms with Crippen LogP contribution in [-0.2, 0) is 20.9 Å². The zero-order chi connectivity index (χ0) is 14.6. The van der Waals surface area contributed by atoms with Gasteiger partial charge in [-0.15, -0.1) is 0 Å². The Morgan fingerprint density at radius 3 is 2.70 bits per heavy atom. The lowest BCUT2D eigenvalue weighted by molar-refractivity contribution is -0.126. The van der Waals surface area contributed by atoms with Crippen molar-refractivity contribution in [2.75, 3.05) is 20.2 Å². The van der Waals surface area contributed by atoms with Gasteiger partial charge in [0.25, 0.3) is 6.47 Å². The number of alkyl carbamates (subject to hydrolysis) is 1. The Labute approximate surface area is 118 Å². The van der Waals surface area contributed by atoms with Crippen molar-refractivity contribution in [1.29, 1.82) is 0 Å². The molecule has 110 valence electrons. The standard InChI is InChI=1S/C12H16N2O2.C2H4O2/c15-12(14-11-6-7-13-8-11)16-9-10-4-2-1-3-5-10;1-4-2-3/h1-5,11,13H,6-9H2,(H,14,15);2H,1H3/t11-;/m1./s1. The summed E-state index contributed by atoms with van der Waals surface area (Å²) in [7, 11) is 1.31. The highest BCUT2D eigenvalue weighted by molar-refractivity contribution is 5.67. The van der Waals surface area contributed by atoms with E-state index >= 15 is 0 Å². The number of hydrogen-bond acceptors (Lipinski definition) is 5. The lowest BCUT2D eigenvalue weighted by Gasteiger charge is -2.11. The lowest BCUT2D eigenvalue weighted by atomic mass is 10.2. The molecule has 1 fully saturated rings. The fourth-order valence-corrected chi connectivity index (χ4v) is 1.71. The van der Waals surface area contributed by atoms with E-state index in [0.717, 1.165) is 25.1 Å². The van der Waals surface area contributed by atoms with Gasteiger partial charge in [0, 0.05) is 12.6 Å². The van der Waals surface area contributed by atoms with Gasteiger partial charge in [0.1, 0.15) is 6.61 Å². The summed E-state index contributed by atoms with van der Waals surface area (Å²) >= 11 is 0. The van der Waals surface area contributed by atoms with Crippen LogP contribution in [0, 0.1) is 0 Å². The van der Waals surface area contributed by atoms with Gasteiger partial charge < -0.3 is 20.1 Å². The molecule has 0 unspecified atom stereocenters. The molecule has 1 heterocycles. The number of rotatable bonds is 4. The minimum absolute atomic E-state index is 0.211. The van der Waals surface area contributed by atoms with Crippen LogP contribution in [0.15, 0.2) is 30.3 Å². The van der Waals surface area contributed by atoms with E-state index in [1.54, 1.807) is 0 Å². The number of amides is 1.